The van der Waals surface area contributed by atoms with Crippen molar-refractivity contribution in [1.82, 2.24) is 16.0 Å². The summed E-state index contributed by atoms with van der Waals surface area (Å²) in [4.78, 5) is 52.5. The fourth-order valence-corrected chi connectivity index (χ4v) is 2.96. The lowest BCUT2D eigenvalue weighted by Crippen LogP contribution is -2.59. The summed E-state index contributed by atoms with van der Waals surface area (Å²) in [6.45, 7) is 0.682. The van der Waals surface area contributed by atoms with E-state index in [9.17, 15) is 34.5 Å². The summed E-state index contributed by atoms with van der Waals surface area (Å²) in [5, 5.41) is 35.2. The molecule has 5 unspecified atom stereocenters. The minimum absolute atomic E-state index is 0.0492. The van der Waals surface area contributed by atoms with Crippen LogP contribution in [0.5, 0.6) is 0 Å². The van der Waals surface area contributed by atoms with Crippen LogP contribution in [-0.4, -0.2) is 100 Å². The fraction of sp³-hybridized carbons (Fsp3) is 0.722. The van der Waals surface area contributed by atoms with Crippen molar-refractivity contribution in [2.75, 3.05) is 25.2 Å². The van der Waals surface area contributed by atoms with Gasteiger partial charge in [-0.25, -0.2) is 4.79 Å². The molecule has 0 heterocycles. The van der Waals surface area contributed by atoms with E-state index in [2.05, 4.69) is 20.9 Å². The van der Waals surface area contributed by atoms with Gasteiger partial charge in [-0.05, 0) is 38.2 Å². The number of nitrogens with zero attached hydrogens (tertiary/aromatic N) is 1. The third-order valence-corrected chi connectivity index (χ3v) is 5.09. The Hall–Kier alpha value is -2.62. The lowest BCUT2D eigenvalue weighted by molar-refractivity contribution is -0.142. The number of nitrogens with one attached hydrogen (secondary N) is 3. The zero-order chi connectivity index (χ0) is 25.6. The predicted molar refractivity (Wildman–Crippen MR) is 123 cm³/mol. The predicted octanol–water partition coefficient (Wildman–Crippen LogP) is -3.97. The van der Waals surface area contributed by atoms with Crippen LogP contribution in [0.4, 0.5) is 0 Å². The minimum Gasteiger partial charge on any atom is -0.480 e. The highest BCUT2D eigenvalue weighted by Crippen LogP contribution is 2.05. The number of rotatable bonds is 16. The van der Waals surface area contributed by atoms with Crippen molar-refractivity contribution in [3.8, 4) is 0 Å². The number of hydrogen-bond acceptors (Lipinski definition) is 9. The number of aliphatic hydroxyl groups excluding tert-OH is 2. The Morgan fingerprint density at radius 2 is 1.52 bits per heavy atom. The number of aliphatic carboxylic acids is 1. The summed E-state index contributed by atoms with van der Waals surface area (Å²) in [6.07, 6.45) is 1.10. The molecule has 0 bridgehead atoms. The van der Waals surface area contributed by atoms with Gasteiger partial charge in [0.2, 0.25) is 17.7 Å². The number of carbonyl (C=O) groups excluding carboxylic acids is 3. The number of guanidine groups is 1. The molecule has 14 nitrogen and oxygen atoms in total. The van der Waals surface area contributed by atoms with Gasteiger partial charge in [0, 0.05) is 6.54 Å². The first-order chi connectivity index (χ1) is 15.4. The van der Waals surface area contributed by atoms with E-state index in [4.69, 9.17) is 17.2 Å². The first-order valence-corrected chi connectivity index (χ1v) is 11.6. The molecular weight excluding hydrogens is 458 g/mol. The van der Waals surface area contributed by atoms with Crippen LogP contribution in [0, 0.1) is 0 Å². The fourth-order valence-electron chi connectivity index (χ4n) is 2.49. The average molecular weight is 494 g/mol. The smallest absolute Gasteiger partial charge is 0.326 e. The number of aliphatic imine (C=N–C) groups is 1. The van der Waals surface area contributed by atoms with E-state index in [-0.39, 0.29) is 25.3 Å². The maximum atomic E-state index is 12.7. The van der Waals surface area contributed by atoms with Gasteiger partial charge in [-0.15, -0.1) is 0 Å². The normalized spacial score (nSPS) is 15.3. The zero-order valence-corrected chi connectivity index (χ0v) is 19.5. The second-order valence-corrected chi connectivity index (χ2v) is 8.19. The zero-order valence-electron chi connectivity index (χ0n) is 18.7. The highest BCUT2D eigenvalue weighted by Gasteiger charge is 2.30. The quantitative estimate of drug-likeness (QED) is 0.0569. The summed E-state index contributed by atoms with van der Waals surface area (Å²) in [5.74, 6) is -3.42. The monoisotopic (exact) mass is 493 g/mol. The number of thioether (sulfide) groups is 1. The van der Waals surface area contributed by atoms with Crippen molar-refractivity contribution in [2.45, 2.75) is 56.5 Å². The van der Waals surface area contributed by atoms with E-state index in [1.165, 1.54) is 18.7 Å². The maximum Gasteiger partial charge on any atom is 0.326 e. The molecule has 0 aromatic heterocycles. The van der Waals surface area contributed by atoms with Crippen LogP contribution in [0.3, 0.4) is 0 Å². The Balaban J connectivity index is 5.21. The molecule has 0 rings (SSSR count). The highest BCUT2D eigenvalue weighted by atomic mass is 32.2. The molecule has 0 saturated carbocycles. The third kappa shape index (κ3) is 12.3. The van der Waals surface area contributed by atoms with E-state index in [1.807, 2.05) is 0 Å². The van der Waals surface area contributed by atoms with E-state index in [1.54, 1.807) is 6.26 Å². The second kappa shape index (κ2) is 16.1. The van der Waals surface area contributed by atoms with Crippen LogP contribution in [0.15, 0.2) is 4.99 Å². The molecule has 12 N–H and O–H groups in total. The molecular formula is C18H35N7O7S. The highest BCUT2D eigenvalue weighted by molar-refractivity contribution is 7.98. The number of nitrogens with two attached hydrogens (primary N) is 3. The number of carboxylic acids is 1. The molecule has 0 aromatic rings. The van der Waals surface area contributed by atoms with Crippen molar-refractivity contribution in [3.63, 3.8) is 0 Å². The number of hydrogen-bond donors (Lipinski definition) is 9. The van der Waals surface area contributed by atoms with Crippen molar-refractivity contribution >= 4 is 41.4 Å². The Labute approximate surface area is 196 Å². The Bertz CT molecular complexity index is 689. The number of carbonyl (C=O) groups is 4. The molecule has 0 aliphatic rings. The van der Waals surface area contributed by atoms with E-state index >= 15 is 0 Å². The van der Waals surface area contributed by atoms with E-state index in [0.29, 0.717) is 12.2 Å². The van der Waals surface area contributed by atoms with Crippen LogP contribution in [-0.2, 0) is 19.2 Å². The molecule has 0 aliphatic carbocycles. The lowest BCUT2D eigenvalue weighted by Gasteiger charge is -2.24. The number of carboxylic acid groups (broad SMARTS) is 1. The van der Waals surface area contributed by atoms with Gasteiger partial charge in [0.05, 0.1) is 12.7 Å². The lowest BCUT2D eigenvalue weighted by atomic mass is 10.1. The summed E-state index contributed by atoms with van der Waals surface area (Å²) in [6, 6.07) is -5.11. The summed E-state index contributed by atoms with van der Waals surface area (Å²) in [5.41, 5.74) is 15.9. The van der Waals surface area contributed by atoms with Gasteiger partial charge >= 0.3 is 5.97 Å². The van der Waals surface area contributed by atoms with Crippen molar-refractivity contribution < 1.29 is 34.5 Å². The second-order valence-electron chi connectivity index (χ2n) is 7.20. The molecule has 0 fully saturated rings. The van der Waals surface area contributed by atoms with Gasteiger partial charge in [0.1, 0.15) is 24.2 Å². The standard InChI is InChI=1S/C18H35N7O7S/c1-9(27)13(19)16(30)25-12(8-26)15(29)23-10(5-7-33-2)14(28)24-11(17(31)32)4-3-6-22-18(20)21/h9-13,26-27H,3-8,19H2,1-2H3,(H,23,29)(H,24,28)(H,25,30)(H,31,32)(H4,20,21,22). The van der Waals surface area contributed by atoms with Gasteiger partial charge in [0.25, 0.3) is 0 Å². The Kier molecular flexibility index (Phi) is 14.8. The molecule has 33 heavy (non-hydrogen) atoms. The molecule has 0 aliphatic heterocycles. The largest absolute Gasteiger partial charge is 0.480 e. The molecule has 190 valence electrons. The van der Waals surface area contributed by atoms with Crippen molar-refractivity contribution in [2.24, 2.45) is 22.2 Å². The topological polar surface area (TPSA) is 255 Å². The molecule has 5 atom stereocenters. The first-order valence-electron chi connectivity index (χ1n) is 10.2. The summed E-state index contributed by atoms with van der Waals surface area (Å²) < 4.78 is 0. The minimum atomic E-state index is -1.43. The number of amides is 3. The van der Waals surface area contributed by atoms with Gasteiger partial charge in [0.15, 0.2) is 5.96 Å². The van der Waals surface area contributed by atoms with E-state index < -0.39 is 60.6 Å². The van der Waals surface area contributed by atoms with Crippen LogP contribution >= 0.6 is 11.8 Å². The molecule has 3 amide bonds. The van der Waals surface area contributed by atoms with Crippen molar-refractivity contribution in [3.05, 3.63) is 0 Å². The van der Waals surface area contributed by atoms with Crippen LogP contribution in [0.25, 0.3) is 0 Å². The molecule has 0 aromatic carbocycles. The van der Waals surface area contributed by atoms with Crippen LogP contribution in [0.1, 0.15) is 26.2 Å². The Morgan fingerprint density at radius 1 is 0.970 bits per heavy atom. The summed E-state index contributed by atoms with van der Waals surface area (Å²) >= 11 is 1.40. The first kappa shape index (κ1) is 30.4. The van der Waals surface area contributed by atoms with E-state index in [0.717, 1.165) is 0 Å². The van der Waals surface area contributed by atoms with Gasteiger partial charge in [-0.1, -0.05) is 0 Å². The van der Waals surface area contributed by atoms with Gasteiger partial charge in [-0.2, -0.15) is 11.8 Å². The van der Waals surface area contributed by atoms with Crippen LogP contribution in [0.2, 0.25) is 0 Å². The molecule has 0 saturated heterocycles. The SMILES string of the molecule is CSCCC(NC(=O)C(CO)NC(=O)C(N)C(C)O)C(=O)NC(CCCN=C(N)N)C(=O)O. The van der Waals surface area contributed by atoms with Gasteiger partial charge < -0.3 is 48.5 Å². The molecule has 15 heteroatoms. The van der Waals surface area contributed by atoms with Gasteiger partial charge in [-0.3, -0.25) is 19.4 Å². The average Bonchev–Trinajstić information content (AvgIpc) is 2.75. The molecule has 0 spiro atoms. The Morgan fingerprint density at radius 3 is 2.00 bits per heavy atom. The number of aliphatic hydroxyl groups is 2. The summed E-state index contributed by atoms with van der Waals surface area (Å²) in [7, 11) is 0. The third-order valence-electron chi connectivity index (χ3n) is 4.44. The molecule has 0 radical (unpaired) electrons. The van der Waals surface area contributed by atoms with Crippen LogP contribution < -0.4 is 33.2 Å². The van der Waals surface area contributed by atoms with Crippen molar-refractivity contribution in [1.29, 1.82) is 0 Å². The maximum absolute atomic E-state index is 12.7.